The van der Waals surface area contributed by atoms with Gasteiger partial charge in [-0.05, 0) is 73.2 Å². The molecule has 28 heavy (non-hydrogen) atoms. The number of benzene rings is 3. The Bertz CT molecular complexity index is 1080. The lowest BCUT2D eigenvalue weighted by Gasteiger charge is -2.40. The van der Waals surface area contributed by atoms with Gasteiger partial charge in [-0.1, -0.05) is 81.7 Å². The van der Waals surface area contributed by atoms with Gasteiger partial charge in [-0.15, -0.1) is 0 Å². The van der Waals surface area contributed by atoms with Crippen LogP contribution in [0.3, 0.4) is 0 Å². The van der Waals surface area contributed by atoms with Crippen LogP contribution in [0.5, 0.6) is 0 Å². The standard InChI is InChI=1S/C22H16Cl6/c1-9-5-13-14(6-10(9)2)20(24)18-17(19(13)23)21(25,26)15-7-11(3)12(4)8-16(15)22(18,27)28/h5-8H,1-4H3. The van der Waals surface area contributed by atoms with E-state index >= 15 is 0 Å². The van der Waals surface area contributed by atoms with Crippen molar-refractivity contribution in [2.24, 2.45) is 0 Å². The van der Waals surface area contributed by atoms with Crippen molar-refractivity contribution in [3.05, 3.63) is 78.8 Å². The Hall–Kier alpha value is -0.340. The van der Waals surface area contributed by atoms with E-state index in [9.17, 15) is 0 Å². The highest BCUT2D eigenvalue weighted by molar-refractivity contribution is 6.57. The van der Waals surface area contributed by atoms with Gasteiger partial charge in [-0.25, -0.2) is 0 Å². The molecule has 0 amide bonds. The van der Waals surface area contributed by atoms with Crippen molar-refractivity contribution in [2.75, 3.05) is 0 Å². The fraction of sp³-hybridized carbons (Fsp3) is 0.273. The molecule has 0 aliphatic heterocycles. The quantitative estimate of drug-likeness (QED) is 0.274. The van der Waals surface area contributed by atoms with Gasteiger partial charge in [0, 0.05) is 21.9 Å². The highest BCUT2D eigenvalue weighted by atomic mass is 35.5. The summed E-state index contributed by atoms with van der Waals surface area (Å²) in [4.78, 5) is 0. The molecule has 0 spiro atoms. The van der Waals surface area contributed by atoms with Crippen molar-refractivity contribution >= 4 is 80.4 Å². The number of rotatable bonds is 0. The fourth-order valence-electron chi connectivity index (χ4n) is 3.86. The Morgan fingerprint density at radius 2 is 0.821 bits per heavy atom. The Morgan fingerprint density at radius 3 is 1.14 bits per heavy atom. The molecule has 0 heterocycles. The maximum Gasteiger partial charge on any atom is 0.170 e. The van der Waals surface area contributed by atoms with Crippen LogP contribution in [0, 0.1) is 27.7 Å². The second-order valence-electron chi connectivity index (χ2n) is 7.49. The van der Waals surface area contributed by atoms with Crippen LogP contribution in [0.25, 0.3) is 10.8 Å². The van der Waals surface area contributed by atoms with Gasteiger partial charge in [0.1, 0.15) is 0 Å². The monoisotopic (exact) mass is 490 g/mol. The molecule has 0 radical (unpaired) electrons. The molecule has 1 aliphatic rings. The van der Waals surface area contributed by atoms with E-state index in [4.69, 9.17) is 69.6 Å². The first-order valence-electron chi connectivity index (χ1n) is 8.69. The summed E-state index contributed by atoms with van der Waals surface area (Å²) in [6.07, 6.45) is 0. The number of hydrogen-bond donors (Lipinski definition) is 0. The number of aryl methyl sites for hydroxylation is 4. The van der Waals surface area contributed by atoms with E-state index < -0.39 is 8.67 Å². The minimum absolute atomic E-state index is 0.414. The Balaban J connectivity index is 2.24. The van der Waals surface area contributed by atoms with E-state index in [1.807, 2.05) is 52.0 Å². The minimum Gasteiger partial charge on any atom is -0.0908 e. The summed E-state index contributed by atoms with van der Waals surface area (Å²) in [5.41, 5.74) is 6.38. The van der Waals surface area contributed by atoms with Gasteiger partial charge in [0.05, 0.1) is 10.0 Å². The van der Waals surface area contributed by atoms with Crippen LogP contribution < -0.4 is 0 Å². The lowest BCUT2D eigenvalue weighted by atomic mass is 9.81. The summed E-state index contributed by atoms with van der Waals surface area (Å²) < 4.78 is -2.88. The lowest BCUT2D eigenvalue weighted by Crippen LogP contribution is -2.32. The van der Waals surface area contributed by atoms with E-state index in [0.717, 1.165) is 33.0 Å². The third-order valence-electron chi connectivity index (χ3n) is 5.73. The number of halogens is 6. The van der Waals surface area contributed by atoms with Crippen LogP contribution in [-0.4, -0.2) is 0 Å². The summed E-state index contributed by atoms with van der Waals surface area (Å²) in [6.45, 7) is 8.00. The third kappa shape index (κ3) is 2.73. The molecule has 146 valence electrons. The predicted octanol–water partition coefficient (Wildman–Crippen LogP) is 9.05. The zero-order valence-electron chi connectivity index (χ0n) is 15.6. The summed E-state index contributed by atoms with van der Waals surface area (Å²) in [5.74, 6) is 0. The maximum atomic E-state index is 6.94. The zero-order chi connectivity index (χ0) is 20.8. The third-order valence-corrected chi connectivity index (χ3v) is 8.09. The lowest BCUT2D eigenvalue weighted by molar-refractivity contribution is 0.857. The summed E-state index contributed by atoms with van der Waals surface area (Å²) in [7, 11) is 0. The smallest absolute Gasteiger partial charge is 0.0908 e. The van der Waals surface area contributed by atoms with Crippen molar-refractivity contribution in [1.82, 2.24) is 0 Å². The zero-order valence-corrected chi connectivity index (χ0v) is 20.1. The highest BCUT2D eigenvalue weighted by Crippen LogP contribution is 2.62. The van der Waals surface area contributed by atoms with Gasteiger partial charge in [-0.3, -0.25) is 0 Å². The van der Waals surface area contributed by atoms with Crippen LogP contribution >= 0.6 is 69.6 Å². The molecule has 0 bridgehead atoms. The van der Waals surface area contributed by atoms with Gasteiger partial charge in [-0.2, -0.15) is 0 Å². The molecule has 0 saturated heterocycles. The number of fused-ring (bicyclic) bond motifs is 3. The van der Waals surface area contributed by atoms with Gasteiger partial charge in [0.25, 0.3) is 0 Å². The molecule has 6 heteroatoms. The molecule has 3 aromatic carbocycles. The van der Waals surface area contributed by atoms with E-state index in [1.54, 1.807) is 0 Å². The fourth-order valence-corrected chi connectivity index (χ4v) is 6.22. The number of alkyl halides is 4. The van der Waals surface area contributed by atoms with Crippen LogP contribution in [0.2, 0.25) is 10.0 Å². The average molecular weight is 493 g/mol. The Morgan fingerprint density at radius 1 is 0.536 bits per heavy atom. The summed E-state index contributed by atoms with van der Waals surface area (Å²) in [5, 5.41) is 2.38. The average Bonchev–Trinajstić information content (AvgIpc) is 2.59. The molecule has 0 unspecified atom stereocenters. The minimum atomic E-state index is -1.44. The molecule has 0 atom stereocenters. The highest BCUT2D eigenvalue weighted by Gasteiger charge is 2.51. The van der Waals surface area contributed by atoms with Crippen LogP contribution in [0.4, 0.5) is 0 Å². The van der Waals surface area contributed by atoms with E-state index in [-0.39, 0.29) is 0 Å². The van der Waals surface area contributed by atoms with E-state index in [1.165, 1.54) is 0 Å². The second kappa shape index (κ2) is 6.58. The molecule has 0 fully saturated rings. The van der Waals surface area contributed by atoms with Crippen molar-refractivity contribution < 1.29 is 0 Å². The largest absolute Gasteiger partial charge is 0.170 e. The molecule has 1 aliphatic carbocycles. The molecule has 3 aromatic rings. The van der Waals surface area contributed by atoms with Crippen LogP contribution in [-0.2, 0) is 8.67 Å². The Labute approximate surface area is 194 Å². The molecule has 0 saturated carbocycles. The molecule has 0 N–H and O–H groups in total. The predicted molar refractivity (Wildman–Crippen MR) is 124 cm³/mol. The summed E-state index contributed by atoms with van der Waals surface area (Å²) >= 11 is 41.5. The maximum absolute atomic E-state index is 6.94. The SMILES string of the molecule is Cc1cc2c(cc1C)C(Cl)(Cl)c1c(c(Cl)c3cc(C)c(C)cc3c1Cl)C2(Cl)Cl. The van der Waals surface area contributed by atoms with E-state index in [2.05, 4.69) is 0 Å². The first-order chi connectivity index (χ1) is 12.9. The van der Waals surface area contributed by atoms with E-state index in [0.29, 0.717) is 32.3 Å². The molecule has 0 nitrogen and oxygen atoms in total. The van der Waals surface area contributed by atoms with Gasteiger partial charge in [0.15, 0.2) is 8.67 Å². The molecule has 4 rings (SSSR count). The van der Waals surface area contributed by atoms with Crippen LogP contribution in [0.1, 0.15) is 44.5 Å². The van der Waals surface area contributed by atoms with Gasteiger partial charge >= 0.3 is 0 Å². The molecular formula is C22H16Cl6. The summed E-state index contributed by atoms with van der Waals surface area (Å²) in [6, 6.07) is 7.82. The molecule has 0 aromatic heterocycles. The van der Waals surface area contributed by atoms with Gasteiger partial charge < -0.3 is 0 Å². The Kier molecular flexibility index (Phi) is 4.91. The van der Waals surface area contributed by atoms with Crippen molar-refractivity contribution in [2.45, 2.75) is 36.4 Å². The second-order valence-corrected chi connectivity index (χ2v) is 10.9. The number of hydrogen-bond acceptors (Lipinski definition) is 0. The first-order valence-corrected chi connectivity index (χ1v) is 11.0. The van der Waals surface area contributed by atoms with Crippen LogP contribution in [0.15, 0.2) is 24.3 Å². The molecular weight excluding hydrogens is 477 g/mol. The topological polar surface area (TPSA) is 0 Å². The van der Waals surface area contributed by atoms with Crippen molar-refractivity contribution in [3.63, 3.8) is 0 Å². The normalized spacial score (nSPS) is 16.8. The van der Waals surface area contributed by atoms with Gasteiger partial charge in [0.2, 0.25) is 0 Å². The van der Waals surface area contributed by atoms with Crippen molar-refractivity contribution in [1.29, 1.82) is 0 Å². The first kappa shape index (κ1) is 20.9. The van der Waals surface area contributed by atoms with Crippen molar-refractivity contribution in [3.8, 4) is 0 Å².